The molecule has 1 atom stereocenters. The Morgan fingerprint density at radius 2 is 1.76 bits per heavy atom. The molecule has 1 heterocycles. The van der Waals surface area contributed by atoms with Gasteiger partial charge in [-0.05, 0) is 42.7 Å². The highest BCUT2D eigenvalue weighted by atomic mass is 32.2. The van der Waals surface area contributed by atoms with Gasteiger partial charge in [0.15, 0.2) is 0 Å². The molecule has 1 aliphatic rings. The summed E-state index contributed by atoms with van der Waals surface area (Å²) in [6.45, 7) is 0.331. The Bertz CT molecular complexity index is 864. The van der Waals surface area contributed by atoms with Crippen molar-refractivity contribution in [3.05, 3.63) is 59.7 Å². The molecule has 0 bridgehead atoms. The summed E-state index contributed by atoms with van der Waals surface area (Å²) in [6.07, 6.45) is 1.38. The van der Waals surface area contributed by atoms with Crippen molar-refractivity contribution in [2.45, 2.75) is 23.8 Å². The molecule has 3 rings (SSSR count). The van der Waals surface area contributed by atoms with E-state index in [0.717, 1.165) is 23.4 Å². The van der Waals surface area contributed by atoms with Gasteiger partial charge in [0.1, 0.15) is 11.6 Å². The van der Waals surface area contributed by atoms with Crippen LogP contribution in [0.4, 0.5) is 14.5 Å². The Kier molecular flexibility index (Phi) is 4.79. The molecule has 1 aliphatic heterocycles. The van der Waals surface area contributed by atoms with E-state index in [-0.39, 0.29) is 10.9 Å². The summed E-state index contributed by atoms with van der Waals surface area (Å²) in [7, 11) is -0.145. The van der Waals surface area contributed by atoms with Crippen molar-refractivity contribution in [3.8, 4) is 0 Å². The Hall–Kier alpha value is -1.99. The summed E-state index contributed by atoms with van der Waals surface area (Å²) < 4.78 is 54.1. The summed E-state index contributed by atoms with van der Waals surface area (Å²) in [6, 6.07) is 9.73. The molecule has 2 aromatic carbocycles. The Morgan fingerprint density at radius 3 is 2.40 bits per heavy atom. The van der Waals surface area contributed by atoms with E-state index in [1.807, 2.05) is 43.3 Å². The molecule has 0 radical (unpaired) electrons. The number of rotatable bonds is 4. The predicted molar refractivity (Wildman–Crippen MR) is 93.0 cm³/mol. The molecule has 134 valence electrons. The topological polar surface area (TPSA) is 40.6 Å². The van der Waals surface area contributed by atoms with Gasteiger partial charge in [-0.1, -0.05) is 12.1 Å². The van der Waals surface area contributed by atoms with Crippen LogP contribution in [0.25, 0.3) is 0 Å². The van der Waals surface area contributed by atoms with Crippen LogP contribution < -0.4 is 4.90 Å². The fourth-order valence-corrected chi connectivity index (χ4v) is 4.91. The third kappa shape index (κ3) is 3.52. The van der Waals surface area contributed by atoms with Crippen LogP contribution in [0.15, 0.2) is 47.4 Å². The van der Waals surface area contributed by atoms with E-state index >= 15 is 0 Å². The van der Waals surface area contributed by atoms with E-state index in [4.69, 9.17) is 0 Å². The van der Waals surface area contributed by atoms with Crippen molar-refractivity contribution in [2.75, 3.05) is 25.5 Å². The fourth-order valence-electron chi connectivity index (χ4n) is 3.18. The highest BCUT2D eigenvalue weighted by Crippen LogP contribution is 2.37. The van der Waals surface area contributed by atoms with E-state index in [9.17, 15) is 17.2 Å². The molecule has 25 heavy (non-hydrogen) atoms. The van der Waals surface area contributed by atoms with Crippen molar-refractivity contribution >= 4 is 15.7 Å². The van der Waals surface area contributed by atoms with Gasteiger partial charge in [0, 0.05) is 32.4 Å². The van der Waals surface area contributed by atoms with E-state index in [1.165, 1.54) is 4.31 Å². The molecule has 1 saturated heterocycles. The van der Waals surface area contributed by atoms with E-state index in [2.05, 4.69) is 0 Å². The summed E-state index contributed by atoms with van der Waals surface area (Å²) >= 11 is 0. The Labute approximate surface area is 146 Å². The number of halogens is 2. The molecule has 4 nitrogen and oxygen atoms in total. The number of sulfonamides is 1. The third-order valence-corrected chi connectivity index (χ3v) is 6.30. The van der Waals surface area contributed by atoms with Gasteiger partial charge >= 0.3 is 0 Å². The van der Waals surface area contributed by atoms with Crippen molar-refractivity contribution in [3.63, 3.8) is 0 Å². The van der Waals surface area contributed by atoms with Gasteiger partial charge in [-0.2, -0.15) is 4.31 Å². The lowest BCUT2D eigenvalue weighted by Gasteiger charge is -2.25. The first kappa shape index (κ1) is 17.8. The quantitative estimate of drug-likeness (QED) is 0.831. The largest absolute Gasteiger partial charge is 0.378 e. The van der Waals surface area contributed by atoms with Gasteiger partial charge < -0.3 is 4.90 Å². The van der Waals surface area contributed by atoms with Crippen molar-refractivity contribution in [1.29, 1.82) is 0 Å². The SMILES string of the molecule is CN(C)c1cccc(C2CCCN2S(=O)(=O)c2cc(F)cc(F)c2)c1. The van der Waals surface area contributed by atoms with Crippen LogP contribution in [0.1, 0.15) is 24.4 Å². The maximum Gasteiger partial charge on any atom is 0.243 e. The first-order valence-electron chi connectivity index (χ1n) is 8.04. The van der Waals surface area contributed by atoms with Crippen LogP contribution in [-0.2, 0) is 10.0 Å². The second-order valence-corrected chi connectivity index (χ2v) is 8.26. The number of hydrogen-bond acceptors (Lipinski definition) is 3. The summed E-state index contributed by atoms with van der Waals surface area (Å²) in [5, 5.41) is 0. The fraction of sp³-hybridized carbons (Fsp3) is 0.333. The molecule has 2 aromatic rings. The molecule has 0 aromatic heterocycles. The molecule has 1 unspecified atom stereocenters. The highest BCUT2D eigenvalue weighted by Gasteiger charge is 2.36. The Balaban J connectivity index is 1.99. The smallest absolute Gasteiger partial charge is 0.243 e. The molecular weight excluding hydrogens is 346 g/mol. The molecule has 0 spiro atoms. The van der Waals surface area contributed by atoms with Gasteiger partial charge in [0.25, 0.3) is 0 Å². The maximum atomic E-state index is 13.5. The van der Waals surface area contributed by atoms with Gasteiger partial charge in [-0.25, -0.2) is 17.2 Å². The lowest BCUT2D eigenvalue weighted by Crippen LogP contribution is -2.31. The van der Waals surface area contributed by atoms with E-state index in [1.54, 1.807) is 0 Å². The van der Waals surface area contributed by atoms with Gasteiger partial charge in [-0.3, -0.25) is 0 Å². The van der Waals surface area contributed by atoms with Gasteiger partial charge in [0.2, 0.25) is 10.0 Å². The monoisotopic (exact) mass is 366 g/mol. The second-order valence-electron chi connectivity index (χ2n) is 6.37. The first-order valence-corrected chi connectivity index (χ1v) is 9.48. The number of hydrogen-bond donors (Lipinski definition) is 0. The lowest BCUT2D eigenvalue weighted by atomic mass is 10.0. The predicted octanol–water partition coefficient (Wildman–Crippen LogP) is 3.56. The zero-order valence-corrected chi connectivity index (χ0v) is 14.9. The van der Waals surface area contributed by atoms with E-state index < -0.39 is 21.7 Å². The minimum atomic E-state index is -3.97. The summed E-state index contributed by atoms with van der Waals surface area (Å²) in [5.41, 5.74) is 1.85. The second kappa shape index (κ2) is 6.72. The number of anilines is 1. The molecule has 0 aliphatic carbocycles. The number of benzene rings is 2. The normalized spacial score (nSPS) is 18.5. The van der Waals surface area contributed by atoms with Crippen LogP contribution >= 0.6 is 0 Å². The lowest BCUT2D eigenvalue weighted by molar-refractivity contribution is 0.396. The van der Waals surface area contributed by atoms with E-state index in [0.29, 0.717) is 25.5 Å². The maximum absolute atomic E-state index is 13.5. The van der Waals surface area contributed by atoms with Gasteiger partial charge in [0.05, 0.1) is 10.9 Å². The molecule has 7 heteroatoms. The van der Waals surface area contributed by atoms with Crippen LogP contribution in [-0.4, -0.2) is 33.4 Å². The van der Waals surface area contributed by atoms with Gasteiger partial charge in [-0.15, -0.1) is 0 Å². The molecule has 0 N–H and O–H groups in total. The van der Waals surface area contributed by atoms with Crippen molar-refractivity contribution < 1.29 is 17.2 Å². The average Bonchev–Trinajstić information content (AvgIpc) is 3.04. The minimum Gasteiger partial charge on any atom is -0.378 e. The summed E-state index contributed by atoms with van der Waals surface area (Å²) in [4.78, 5) is 1.60. The zero-order chi connectivity index (χ0) is 18.2. The van der Waals surface area contributed by atoms with Crippen molar-refractivity contribution in [2.24, 2.45) is 0 Å². The van der Waals surface area contributed by atoms with Crippen LogP contribution in [0.2, 0.25) is 0 Å². The first-order chi connectivity index (χ1) is 11.8. The molecular formula is C18H20F2N2O2S. The van der Waals surface area contributed by atoms with Crippen molar-refractivity contribution in [1.82, 2.24) is 4.31 Å². The molecule has 1 fully saturated rings. The van der Waals surface area contributed by atoms with Crippen LogP contribution in [0, 0.1) is 11.6 Å². The highest BCUT2D eigenvalue weighted by molar-refractivity contribution is 7.89. The Morgan fingerprint density at radius 1 is 1.08 bits per heavy atom. The number of nitrogens with zero attached hydrogens (tertiary/aromatic N) is 2. The van der Waals surface area contributed by atoms with Crippen LogP contribution in [0.5, 0.6) is 0 Å². The standard InChI is InChI=1S/C18H20F2N2O2S/c1-21(2)16-6-3-5-13(9-16)18-7-4-8-22(18)25(23,24)17-11-14(19)10-15(20)12-17/h3,5-6,9-12,18H,4,7-8H2,1-2H3. The minimum absolute atomic E-state index is 0.331. The molecule has 0 saturated carbocycles. The third-order valence-electron chi connectivity index (χ3n) is 4.42. The molecule has 0 amide bonds. The summed E-state index contributed by atoms with van der Waals surface area (Å²) in [5.74, 6) is -1.80. The van der Waals surface area contributed by atoms with Crippen LogP contribution in [0.3, 0.4) is 0 Å². The zero-order valence-electron chi connectivity index (χ0n) is 14.1. The average molecular weight is 366 g/mol.